The van der Waals surface area contributed by atoms with Crippen molar-refractivity contribution in [1.82, 2.24) is 0 Å². The van der Waals surface area contributed by atoms with E-state index in [2.05, 4.69) is 0 Å². The Kier molecular flexibility index (Phi) is 2.33. The Balaban J connectivity index is 2.63. The molecule has 0 fully saturated rings. The SMILES string of the molecule is COc1cccc2c1S(=O)C(C)C2N. The zero-order chi connectivity index (χ0) is 10.3. The quantitative estimate of drug-likeness (QED) is 0.759. The molecule has 1 heterocycles. The number of benzene rings is 1. The molecule has 1 aromatic carbocycles. The molecule has 3 unspecified atom stereocenters. The Labute approximate surface area is 85.7 Å². The lowest BCUT2D eigenvalue weighted by molar-refractivity contribution is 0.403. The summed E-state index contributed by atoms with van der Waals surface area (Å²) in [6, 6.07) is 5.49. The van der Waals surface area contributed by atoms with E-state index in [0.29, 0.717) is 5.75 Å². The van der Waals surface area contributed by atoms with Crippen molar-refractivity contribution in [3.63, 3.8) is 0 Å². The van der Waals surface area contributed by atoms with Crippen molar-refractivity contribution >= 4 is 10.8 Å². The summed E-state index contributed by atoms with van der Waals surface area (Å²) in [6.45, 7) is 1.90. The van der Waals surface area contributed by atoms with Gasteiger partial charge in [0.05, 0.1) is 28.1 Å². The third-order valence-electron chi connectivity index (χ3n) is 2.63. The van der Waals surface area contributed by atoms with Crippen molar-refractivity contribution in [2.45, 2.75) is 23.1 Å². The average Bonchev–Trinajstić information content (AvgIpc) is 2.44. The normalized spacial score (nSPS) is 30.1. The van der Waals surface area contributed by atoms with Gasteiger partial charge in [-0.15, -0.1) is 0 Å². The van der Waals surface area contributed by atoms with Gasteiger partial charge in [0.15, 0.2) is 0 Å². The summed E-state index contributed by atoms with van der Waals surface area (Å²) in [5.74, 6) is 0.681. The second kappa shape index (κ2) is 3.37. The third kappa shape index (κ3) is 1.18. The van der Waals surface area contributed by atoms with Crippen molar-refractivity contribution in [3.05, 3.63) is 23.8 Å². The highest BCUT2D eigenvalue weighted by atomic mass is 32.2. The van der Waals surface area contributed by atoms with E-state index in [4.69, 9.17) is 10.5 Å². The standard InChI is InChI=1S/C10H13NO2S/c1-6-9(11)7-4-3-5-8(13-2)10(7)14(6)12/h3-6,9H,11H2,1-2H3. The highest BCUT2D eigenvalue weighted by molar-refractivity contribution is 7.86. The monoisotopic (exact) mass is 211 g/mol. The van der Waals surface area contributed by atoms with Crippen LogP contribution in [0.25, 0.3) is 0 Å². The zero-order valence-electron chi connectivity index (χ0n) is 8.19. The minimum atomic E-state index is -1.03. The van der Waals surface area contributed by atoms with Gasteiger partial charge in [0, 0.05) is 6.04 Å². The minimum Gasteiger partial charge on any atom is -0.495 e. The Bertz CT molecular complexity index is 392. The van der Waals surface area contributed by atoms with Crippen molar-refractivity contribution in [2.24, 2.45) is 5.73 Å². The van der Waals surface area contributed by atoms with Gasteiger partial charge in [-0.05, 0) is 18.6 Å². The number of nitrogens with two attached hydrogens (primary N) is 1. The van der Waals surface area contributed by atoms with Crippen molar-refractivity contribution in [2.75, 3.05) is 7.11 Å². The van der Waals surface area contributed by atoms with Gasteiger partial charge in [-0.25, -0.2) is 0 Å². The number of hydrogen-bond acceptors (Lipinski definition) is 3. The maximum absolute atomic E-state index is 11.9. The zero-order valence-corrected chi connectivity index (χ0v) is 9.01. The van der Waals surface area contributed by atoms with Crippen LogP contribution >= 0.6 is 0 Å². The lowest BCUT2D eigenvalue weighted by Crippen LogP contribution is -2.19. The molecule has 0 radical (unpaired) electrons. The molecule has 2 N–H and O–H groups in total. The van der Waals surface area contributed by atoms with E-state index in [9.17, 15) is 4.21 Å². The molecule has 0 saturated heterocycles. The van der Waals surface area contributed by atoms with Crippen LogP contribution in [-0.2, 0) is 10.8 Å². The smallest absolute Gasteiger partial charge is 0.135 e. The predicted octanol–water partition coefficient (Wildman–Crippen LogP) is 1.20. The second-order valence-corrected chi connectivity index (χ2v) is 5.15. The molecule has 0 aliphatic carbocycles. The van der Waals surface area contributed by atoms with Gasteiger partial charge in [0.25, 0.3) is 0 Å². The number of methoxy groups -OCH3 is 1. The molecule has 0 bridgehead atoms. The van der Waals surface area contributed by atoms with Crippen LogP contribution in [0.5, 0.6) is 5.75 Å². The summed E-state index contributed by atoms with van der Waals surface area (Å²) in [4.78, 5) is 0.773. The fourth-order valence-corrected chi connectivity index (χ4v) is 3.31. The fraction of sp³-hybridized carbons (Fsp3) is 0.400. The predicted molar refractivity (Wildman–Crippen MR) is 55.8 cm³/mol. The van der Waals surface area contributed by atoms with Crippen LogP contribution in [0.4, 0.5) is 0 Å². The number of rotatable bonds is 1. The van der Waals surface area contributed by atoms with E-state index in [1.54, 1.807) is 7.11 Å². The molecule has 3 atom stereocenters. The first-order valence-electron chi connectivity index (χ1n) is 4.50. The molecule has 14 heavy (non-hydrogen) atoms. The Morgan fingerprint density at radius 2 is 2.21 bits per heavy atom. The molecule has 1 aromatic rings. The third-order valence-corrected chi connectivity index (χ3v) is 4.44. The number of hydrogen-bond donors (Lipinski definition) is 1. The largest absolute Gasteiger partial charge is 0.495 e. The summed E-state index contributed by atoms with van der Waals surface area (Å²) >= 11 is 0. The Hall–Kier alpha value is -0.870. The molecule has 76 valence electrons. The summed E-state index contributed by atoms with van der Waals surface area (Å²) in [5, 5.41) is -0.0266. The molecule has 0 aromatic heterocycles. The van der Waals surface area contributed by atoms with Gasteiger partial charge in [-0.3, -0.25) is 4.21 Å². The fourth-order valence-electron chi connectivity index (χ4n) is 1.74. The van der Waals surface area contributed by atoms with Crippen LogP contribution in [0.2, 0.25) is 0 Å². The first-order chi connectivity index (χ1) is 6.66. The van der Waals surface area contributed by atoms with Crippen LogP contribution < -0.4 is 10.5 Å². The van der Waals surface area contributed by atoms with Crippen LogP contribution in [0.15, 0.2) is 23.1 Å². The van der Waals surface area contributed by atoms with Crippen molar-refractivity contribution in [3.8, 4) is 5.75 Å². The van der Waals surface area contributed by atoms with E-state index < -0.39 is 10.8 Å². The van der Waals surface area contributed by atoms with Gasteiger partial charge in [-0.1, -0.05) is 12.1 Å². The lowest BCUT2D eigenvalue weighted by Gasteiger charge is -2.07. The number of ether oxygens (including phenoxy) is 1. The van der Waals surface area contributed by atoms with Gasteiger partial charge in [0.1, 0.15) is 5.75 Å². The van der Waals surface area contributed by atoms with Crippen molar-refractivity contribution < 1.29 is 8.95 Å². The molecule has 1 aliphatic heterocycles. The van der Waals surface area contributed by atoms with E-state index in [1.807, 2.05) is 25.1 Å². The molecular formula is C10H13NO2S. The Morgan fingerprint density at radius 3 is 2.86 bits per heavy atom. The average molecular weight is 211 g/mol. The van der Waals surface area contributed by atoms with Crippen LogP contribution in [0.1, 0.15) is 18.5 Å². The van der Waals surface area contributed by atoms with E-state index in [-0.39, 0.29) is 11.3 Å². The number of fused-ring (bicyclic) bond motifs is 1. The second-order valence-electron chi connectivity index (χ2n) is 3.41. The molecule has 0 amide bonds. The van der Waals surface area contributed by atoms with E-state index in [1.165, 1.54) is 0 Å². The molecule has 3 nitrogen and oxygen atoms in total. The topological polar surface area (TPSA) is 52.3 Å². The summed E-state index contributed by atoms with van der Waals surface area (Å²) < 4.78 is 17.1. The maximum atomic E-state index is 11.9. The van der Waals surface area contributed by atoms with Gasteiger partial charge < -0.3 is 10.5 Å². The van der Waals surface area contributed by atoms with Gasteiger partial charge in [0.2, 0.25) is 0 Å². The molecular weight excluding hydrogens is 198 g/mol. The van der Waals surface area contributed by atoms with Gasteiger partial charge >= 0.3 is 0 Å². The first-order valence-corrected chi connectivity index (χ1v) is 5.71. The molecule has 2 rings (SSSR count). The molecule has 1 aliphatic rings. The molecule has 0 saturated carbocycles. The highest BCUT2D eigenvalue weighted by Gasteiger charge is 2.35. The maximum Gasteiger partial charge on any atom is 0.135 e. The summed E-state index contributed by atoms with van der Waals surface area (Å²) in [7, 11) is 0.551. The van der Waals surface area contributed by atoms with E-state index in [0.717, 1.165) is 10.5 Å². The molecule has 0 spiro atoms. The first kappa shape index (κ1) is 9.68. The van der Waals surface area contributed by atoms with Crippen LogP contribution in [0, 0.1) is 0 Å². The van der Waals surface area contributed by atoms with E-state index >= 15 is 0 Å². The lowest BCUT2D eigenvalue weighted by atomic mass is 10.1. The summed E-state index contributed by atoms with van der Waals surface area (Å²) in [5.41, 5.74) is 6.91. The molecule has 4 heteroatoms. The minimum absolute atomic E-state index is 0.0266. The van der Waals surface area contributed by atoms with Crippen molar-refractivity contribution in [1.29, 1.82) is 0 Å². The summed E-state index contributed by atoms with van der Waals surface area (Å²) in [6.07, 6.45) is 0. The highest BCUT2D eigenvalue weighted by Crippen LogP contribution is 2.39. The Morgan fingerprint density at radius 1 is 1.50 bits per heavy atom. The van der Waals surface area contributed by atoms with Crippen LogP contribution in [0.3, 0.4) is 0 Å². The van der Waals surface area contributed by atoms with Gasteiger partial charge in [-0.2, -0.15) is 0 Å². The van der Waals surface area contributed by atoms with Crippen LogP contribution in [-0.4, -0.2) is 16.6 Å².